The molecular weight excluding hydrogens is 438 g/mol. The van der Waals surface area contributed by atoms with E-state index in [0.717, 1.165) is 18.4 Å². The highest BCUT2D eigenvalue weighted by Gasteiger charge is 2.34. The molecule has 12 heteroatoms. The van der Waals surface area contributed by atoms with Crippen LogP contribution >= 0.6 is 12.2 Å². The van der Waals surface area contributed by atoms with Crippen molar-refractivity contribution in [2.24, 2.45) is 0 Å². The lowest BCUT2D eigenvalue weighted by molar-refractivity contribution is 0.143. The van der Waals surface area contributed by atoms with Gasteiger partial charge in [-0.25, -0.2) is 22.0 Å². The Labute approximate surface area is 179 Å². The zero-order valence-corrected chi connectivity index (χ0v) is 18.4. The van der Waals surface area contributed by atoms with Gasteiger partial charge in [0.1, 0.15) is 11.8 Å². The van der Waals surface area contributed by atoms with E-state index in [9.17, 15) is 22.0 Å². The molecule has 3 rings (SSSR count). The first-order valence-electron chi connectivity index (χ1n) is 9.54. The number of nitrogens with zero attached hydrogens (tertiary/aromatic N) is 3. The van der Waals surface area contributed by atoms with Crippen LogP contribution in [-0.4, -0.2) is 75.4 Å². The number of halogens is 2. The Balaban J connectivity index is 1.71. The highest BCUT2D eigenvalue weighted by atomic mass is 32.2. The number of amides is 1. The fraction of sp³-hybridized carbons (Fsp3) is 0.556. The zero-order valence-electron chi connectivity index (χ0n) is 16.7. The molecule has 30 heavy (non-hydrogen) atoms. The molecule has 1 N–H and O–H groups in total. The van der Waals surface area contributed by atoms with E-state index in [0.29, 0.717) is 18.0 Å². The molecule has 0 aromatic heterocycles. The molecule has 2 saturated heterocycles. The van der Waals surface area contributed by atoms with Crippen molar-refractivity contribution in [1.29, 1.82) is 0 Å². The maximum atomic E-state index is 14.8. The summed E-state index contributed by atoms with van der Waals surface area (Å²) in [5.41, 5.74) is -0.167. The third-order valence-electron chi connectivity index (χ3n) is 5.06. The predicted octanol–water partition coefficient (Wildman–Crippen LogP) is 1.70. The molecule has 2 aliphatic heterocycles. The molecule has 166 valence electrons. The van der Waals surface area contributed by atoms with Gasteiger partial charge in [0.25, 0.3) is 0 Å². The number of ether oxygens (including phenoxy) is 1. The monoisotopic (exact) mass is 462 g/mol. The van der Waals surface area contributed by atoms with E-state index in [1.54, 1.807) is 0 Å². The van der Waals surface area contributed by atoms with Crippen molar-refractivity contribution in [3.05, 3.63) is 23.8 Å². The highest BCUT2D eigenvalue weighted by molar-refractivity contribution is 7.88. The van der Waals surface area contributed by atoms with E-state index in [1.165, 1.54) is 14.1 Å². The van der Waals surface area contributed by atoms with Gasteiger partial charge in [-0.05, 0) is 6.42 Å². The van der Waals surface area contributed by atoms with Crippen LogP contribution in [0.15, 0.2) is 12.1 Å². The van der Waals surface area contributed by atoms with Gasteiger partial charge in [-0.15, -0.1) is 0 Å². The van der Waals surface area contributed by atoms with Crippen molar-refractivity contribution in [2.75, 3.05) is 55.3 Å². The average molecular weight is 463 g/mol. The Kier molecular flexibility index (Phi) is 6.78. The van der Waals surface area contributed by atoms with E-state index in [2.05, 4.69) is 5.32 Å². The van der Waals surface area contributed by atoms with Gasteiger partial charge in [0.05, 0.1) is 30.0 Å². The van der Waals surface area contributed by atoms with Crippen LogP contribution in [0.3, 0.4) is 0 Å². The molecule has 2 heterocycles. The van der Waals surface area contributed by atoms with E-state index in [-0.39, 0.29) is 44.1 Å². The van der Waals surface area contributed by atoms with Crippen LogP contribution in [0.25, 0.3) is 0 Å². The Morgan fingerprint density at radius 2 is 1.83 bits per heavy atom. The number of hydrogen-bond acceptors (Lipinski definition) is 6. The smallest absolute Gasteiger partial charge is 0.414 e. The van der Waals surface area contributed by atoms with Crippen LogP contribution in [0.2, 0.25) is 0 Å². The van der Waals surface area contributed by atoms with Crippen LogP contribution in [0.4, 0.5) is 25.0 Å². The zero-order chi connectivity index (χ0) is 22.1. The number of sulfonamides is 1. The number of rotatable bonds is 6. The first-order valence-corrected chi connectivity index (χ1v) is 11.8. The SMILES string of the molecule is CCC(=S)NC[C@H]1CN(c2cc(F)c(N3CCN(S(C)(=O)=O)CC3)c(F)c2)C(=O)O1. The van der Waals surface area contributed by atoms with Crippen LogP contribution in [0, 0.1) is 11.6 Å². The van der Waals surface area contributed by atoms with E-state index in [4.69, 9.17) is 17.0 Å². The second-order valence-corrected chi connectivity index (χ2v) is 9.66. The minimum absolute atomic E-state index is 0.0640. The van der Waals surface area contributed by atoms with Crippen molar-refractivity contribution in [2.45, 2.75) is 19.4 Å². The van der Waals surface area contributed by atoms with Gasteiger partial charge in [0.15, 0.2) is 11.6 Å². The molecule has 8 nitrogen and oxygen atoms in total. The van der Waals surface area contributed by atoms with Crippen molar-refractivity contribution >= 4 is 44.7 Å². The Hall–Kier alpha value is -2.05. The van der Waals surface area contributed by atoms with Crippen molar-refractivity contribution < 1.29 is 26.7 Å². The number of nitrogens with one attached hydrogen (secondary N) is 1. The average Bonchev–Trinajstić information content (AvgIpc) is 3.06. The summed E-state index contributed by atoms with van der Waals surface area (Å²) in [5.74, 6) is -1.64. The Morgan fingerprint density at radius 1 is 1.23 bits per heavy atom. The molecule has 0 saturated carbocycles. The number of carbonyl (C=O) groups excluding carboxylic acids is 1. The summed E-state index contributed by atoms with van der Waals surface area (Å²) in [6, 6.07) is 2.18. The minimum atomic E-state index is -3.35. The third-order valence-corrected chi connectivity index (χ3v) is 6.80. The summed E-state index contributed by atoms with van der Waals surface area (Å²) in [5, 5.41) is 2.98. The molecule has 0 spiro atoms. The van der Waals surface area contributed by atoms with E-state index >= 15 is 0 Å². The predicted molar refractivity (Wildman–Crippen MR) is 113 cm³/mol. The first-order chi connectivity index (χ1) is 14.1. The number of cyclic esters (lactones) is 1. The lowest BCUT2D eigenvalue weighted by Gasteiger charge is -2.35. The first kappa shape index (κ1) is 22.6. The second kappa shape index (κ2) is 8.98. The molecule has 1 aromatic carbocycles. The summed E-state index contributed by atoms with van der Waals surface area (Å²) >= 11 is 5.07. The Morgan fingerprint density at radius 3 is 2.37 bits per heavy atom. The van der Waals surface area contributed by atoms with Gasteiger partial charge >= 0.3 is 6.09 Å². The molecule has 0 unspecified atom stereocenters. The normalized spacial score (nSPS) is 20.4. The van der Waals surface area contributed by atoms with Crippen molar-refractivity contribution in [3.8, 4) is 0 Å². The van der Waals surface area contributed by atoms with E-state index < -0.39 is 33.9 Å². The molecule has 1 amide bonds. The van der Waals surface area contributed by atoms with E-state index in [1.807, 2.05) is 6.92 Å². The molecule has 2 aliphatic rings. The quantitative estimate of drug-likeness (QED) is 0.645. The van der Waals surface area contributed by atoms with Gasteiger partial charge < -0.3 is 15.0 Å². The molecule has 0 radical (unpaired) electrons. The summed E-state index contributed by atoms with van der Waals surface area (Å²) < 4.78 is 59.3. The van der Waals surface area contributed by atoms with Gasteiger partial charge in [-0.2, -0.15) is 4.31 Å². The standard InChI is InChI=1S/C18H24F2N4O4S2/c1-3-16(29)21-10-13-11-24(18(25)28-13)12-8-14(19)17(15(20)9-12)22-4-6-23(7-5-22)30(2,26)27/h8-9,13H,3-7,10-11H2,1-2H3,(H,21,29)/t13-/m0/s1. The molecule has 2 fully saturated rings. The van der Waals surface area contributed by atoms with Crippen molar-refractivity contribution in [3.63, 3.8) is 0 Å². The summed E-state index contributed by atoms with van der Waals surface area (Å²) in [7, 11) is -3.35. The van der Waals surface area contributed by atoms with Crippen LogP contribution in [0.5, 0.6) is 0 Å². The largest absolute Gasteiger partial charge is 0.442 e. The lowest BCUT2D eigenvalue weighted by atomic mass is 10.2. The number of carbonyl (C=O) groups is 1. The molecule has 1 atom stereocenters. The summed E-state index contributed by atoms with van der Waals surface area (Å²) in [6.07, 6.45) is 0.594. The number of anilines is 2. The molecule has 1 aromatic rings. The minimum Gasteiger partial charge on any atom is -0.442 e. The van der Waals surface area contributed by atoms with Crippen LogP contribution < -0.4 is 15.1 Å². The van der Waals surface area contributed by atoms with Gasteiger partial charge in [0.2, 0.25) is 10.0 Å². The van der Waals surface area contributed by atoms with Gasteiger partial charge in [-0.1, -0.05) is 19.1 Å². The number of piperazine rings is 1. The van der Waals surface area contributed by atoms with Crippen LogP contribution in [0.1, 0.15) is 13.3 Å². The maximum Gasteiger partial charge on any atom is 0.414 e. The Bertz CT molecular complexity index is 913. The number of benzene rings is 1. The highest BCUT2D eigenvalue weighted by Crippen LogP contribution is 2.31. The lowest BCUT2D eigenvalue weighted by Crippen LogP contribution is -2.48. The molecule has 0 bridgehead atoms. The summed E-state index contributed by atoms with van der Waals surface area (Å²) in [6.45, 7) is 2.98. The van der Waals surface area contributed by atoms with Crippen molar-refractivity contribution in [1.82, 2.24) is 9.62 Å². The second-order valence-electron chi connectivity index (χ2n) is 7.18. The molecule has 0 aliphatic carbocycles. The van der Waals surface area contributed by atoms with Gasteiger partial charge in [0, 0.05) is 38.3 Å². The topological polar surface area (TPSA) is 82.2 Å². The van der Waals surface area contributed by atoms with Crippen LogP contribution in [-0.2, 0) is 14.8 Å². The number of thiocarbonyl (C=S) groups is 1. The maximum absolute atomic E-state index is 14.8. The third kappa shape index (κ3) is 4.98. The summed E-state index contributed by atoms with van der Waals surface area (Å²) in [4.78, 5) is 15.5. The fourth-order valence-electron chi connectivity index (χ4n) is 3.44. The molecular formula is C18H24F2N4O4S2. The van der Waals surface area contributed by atoms with Gasteiger partial charge in [-0.3, -0.25) is 4.90 Å². The number of hydrogen-bond donors (Lipinski definition) is 1. The fourth-order valence-corrected chi connectivity index (χ4v) is 4.35.